The van der Waals surface area contributed by atoms with Crippen molar-refractivity contribution >= 4 is 159 Å². The van der Waals surface area contributed by atoms with Crippen molar-refractivity contribution in [1.29, 1.82) is 0 Å². The number of hydrogen-bond acceptors (Lipinski definition) is 18. The Morgan fingerprint density at radius 2 is 0.600 bits per heavy atom. The van der Waals surface area contributed by atoms with E-state index < -0.39 is 0 Å². The first kappa shape index (κ1) is 32.0. The van der Waals surface area contributed by atoms with Crippen molar-refractivity contribution in [1.82, 2.24) is 39.9 Å². The summed E-state index contributed by atoms with van der Waals surface area (Å²) < 4.78 is 23.1. The molecular weight excluding hydrogens is 745 g/mol. The van der Waals surface area contributed by atoms with Crippen LogP contribution in [0.2, 0.25) is 0 Å². The molecule has 45 heavy (non-hydrogen) atoms. The van der Waals surface area contributed by atoms with Gasteiger partial charge in [0.25, 0.3) is 0 Å². The Morgan fingerprint density at radius 1 is 0.356 bits per heavy atom. The fourth-order valence-electron chi connectivity index (χ4n) is 4.61. The Balaban J connectivity index is 0.00000300. The first-order valence-corrected chi connectivity index (χ1v) is 20.7. The Morgan fingerprint density at radius 3 is 0.867 bits per heavy atom. The maximum absolute atomic E-state index is 5.78. The van der Waals surface area contributed by atoms with Crippen molar-refractivity contribution in [3.63, 3.8) is 0 Å². The van der Waals surface area contributed by atoms with Crippen LogP contribution in [-0.2, 0) is 18.9 Å². The molecule has 6 aliphatic heterocycles. The van der Waals surface area contributed by atoms with Gasteiger partial charge in [-0.1, -0.05) is 94.1 Å². The van der Waals surface area contributed by atoms with Gasteiger partial charge in [0, 0.05) is 42.2 Å². The molecule has 0 aliphatic carbocycles. The quantitative estimate of drug-likeness (QED) is 0.266. The summed E-state index contributed by atoms with van der Waals surface area (Å²) in [5.41, 5.74) is 2.21. The predicted octanol–water partition coefficient (Wildman–Crippen LogP) is 5.51. The Kier molecular flexibility index (Phi) is 9.89. The monoisotopic (exact) mass is 760 g/mol. The van der Waals surface area contributed by atoms with Crippen LogP contribution in [0.4, 0.5) is 0 Å². The topological polar surface area (TPSA) is 142 Å². The van der Waals surface area contributed by atoms with Crippen LogP contribution >= 0.6 is 94.1 Å². The van der Waals surface area contributed by atoms with Crippen LogP contribution in [0, 0.1) is 0 Å². The third kappa shape index (κ3) is 6.10. The smallest absolute Gasteiger partial charge is 0.360 e. The van der Waals surface area contributed by atoms with Gasteiger partial charge < -0.3 is 48.9 Å². The normalized spacial score (nSPS) is 20.1. The summed E-state index contributed by atoms with van der Waals surface area (Å²) in [6.45, 7) is 0. The summed E-state index contributed by atoms with van der Waals surface area (Å²) in [6.07, 6.45) is 0. The third-order valence-corrected chi connectivity index (χ3v) is 14.6. The molecule has 0 saturated heterocycles. The molecule has 9 heterocycles. The second kappa shape index (κ2) is 13.9. The summed E-state index contributed by atoms with van der Waals surface area (Å²) in [6, 6.07) is 0. The molecule has 9 rings (SSSR count). The van der Waals surface area contributed by atoms with Crippen LogP contribution in [-0.4, -0.2) is 100 Å². The molecule has 12 nitrogen and oxygen atoms in total. The van der Waals surface area contributed by atoms with Crippen LogP contribution in [0.5, 0.6) is 0 Å². The molecule has 0 fully saturated rings. The molecule has 21 heteroatoms. The van der Waals surface area contributed by atoms with Crippen LogP contribution in [0.25, 0.3) is 42.2 Å². The van der Waals surface area contributed by atoms with Crippen molar-refractivity contribution < 1.29 is 18.9 Å². The summed E-state index contributed by atoms with van der Waals surface area (Å²) in [5.74, 6) is 6.14. The number of fused-ring (bicyclic) bond motifs is 18. The zero-order valence-corrected chi connectivity index (χ0v) is 30.8. The van der Waals surface area contributed by atoms with Gasteiger partial charge in [-0.2, -0.15) is 0 Å². The second-order valence-corrected chi connectivity index (χ2v) is 16.5. The van der Waals surface area contributed by atoms with E-state index in [1.807, 2.05) is 0 Å². The Hall–Kier alpha value is -0.274. The number of hydrogen-bond donors (Lipinski definition) is 0. The van der Waals surface area contributed by atoms with Gasteiger partial charge in [0.05, 0.1) is 90.4 Å². The molecule has 8 bridgehead atoms. The molecule has 0 saturated carbocycles. The van der Waals surface area contributed by atoms with E-state index >= 15 is 0 Å². The average molecular weight is 761 g/mol. The van der Waals surface area contributed by atoms with Gasteiger partial charge in [-0.15, -0.1) is 0 Å². The molecule has 0 atom stereocenters. The molecule has 6 aliphatic rings. The molecular formula is C24H16MgN8O4S8. The minimum Gasteiger partial charge on any atom is -0.360 e. The van der Waals surface area contributed by atoms with Crippen LogP contribution in [0.3, 0.4) is 0 Å². The van der Waals surface area contributed by atoms with Crippen LogP contribution in [0.15, 0.2) is 19.6 Å². The largest absolute Gasteiger partial charge is 2.00 e. The molecule has 0 amide bonds. The van der Waals surface area contributed by atoms with E-state index in [1.54, 1.807) is 94.1 Å². The maximum atomic E-state index is 5.78. The van der Waals surface area contributed by atoms with Crippen molar-refractivity contribution in [2.75, 3.05) is 47.5 Å². The summed E-state index contributed by atoms with van der Waals surface area (Å²) >= 11 is 12.5. The minimum absolute atomic E-state index is 0. The number of nitrogens with zero attached hydrogens (tertiary/aromatic N) is 8. The third-order valence-electron chi connectivity index (χ3n) is 6.44. The number of rotatable bonds is 0. The van der Waals surface area contributed by atoms with Crippen molar-refractivity contribution in [3.8, 4) is 0 Å². The summed E-state index contributed by atoms with van der Waals surface area (Å²) in [7, 11) is 0. The van der Waals surface area contributed by atoms with Gasteiger partial charge in [-0.3, -0.25) is 0 Å². The molecule has 0 spiro atoms. The fraction of sp³-hybridized carbons (Fsp3) is 0.333. The molecule has 226 valence electrons. The first-order chi connectivity index (χ1) is 21.8. The zero-order chi connectivity index (χ0) is 29.0. The van der Waals surface area contributed by atoms with Gasteiger partial charge in [-0.25, -0.2) is 9.97 Å². The Bertz CT molecular complexity index is 1680. The average Bonchev–Trinajstić information content (AvgIpc) is 3.41. The van der Waals surface area contributed by atoms with Crippen LogP contribution in [0.1, 0.15) is 23.3 Å². The van der Waals surface area contributed by atoms with Gasteiger partial charge in [0.1, 0.15) is 0 Å². The second-order valence-electron chi connectivity index (χ2n) is 9.03. The standard InChI is InChI=1S/C24H16N8O4S8.Mg/c1-33-2-38-10-9(37-1)17-25-18(10)30-20-13-14(42-6-35-5-41-13)22(27-20)32-24-16-15(43-7-36-8-44-16)23(28-24)31-21-12-11(19(26-21)29-17)39-3-34-4-40-12;/h1-8H2;/q-2;+2. The SMILES string of the molecule is C1OCSC2=C(S1)c1nc2nc2[n-]c(nc3nc(nc4[n-]c(n1)c1c4SCOCS1)C1=C3SCOCS1)c1c2SCOCS1.[Mg+2]. The van der Waals surface area contributed by atoms with E-state index in [9.17, 15) is 0 Å². The van der Waals surface area contributed by atoms with Crippen molar-refractivity contribution in [2.24, 2.45) is 0 Å². The van der Waals surface area contributed by atoms with E-state index in [1.165, 1.54) is 0 Å². The number of ether oxygens (including phenoxy) is 4. The molecule has 3 aromatic heterocycles. The molecule has 0 radical (unpaired) electrons. The summed E-state index contributed by atoms with van der Waals surface area (Å²) in [4.78, 5) is 47.4. The predicted molar refractivity (Wildman–Crippen MR) is 187 cm³/mol. The van der Waals surface area contributed by atoms with Gasteiger partial charge in [0.2, 0.25) is 0 Å². The Labute approximate surface area is 305 Å². The van der Waals surface area contributed by atoms with E-state index in [4.69, 9.17) is 58.8 Å². The number of thioether (sulfide) groups is 8. The van der Waals surface area contributed by atoms with Gasteiger partial charge in [-0.05, 0) is 0 Å². The minimum atomic E-state index is 0. The van der Waals surface area contributed by atoms with E-state index in [0.717, 1.165) is 39.2 Å². The van der Waals surface area contributed by atoms with Crippen LogP contribution < -0.4 is 9.97 Å². The molecule has 0 aromatic carbocycles. The number of aromatic nitrogens is 8. The maximum Gasteiger partial charge on any atom is 2.00 e. The summed E-state index contributed by atoms with van der Waals surface area (Å²) in [5, 5.41) is 0. The van der Waals surface area contributed by atoms with Crippen molar-refractivity contribution in [3.05, 3.63) is 23.3 Å². The molecule has 0 unspecified atom stereocenters. The molecule has 3 aromatic rings. The molecule has 0 N–H and O–H groups in total. The first-order valence-electron chi connectivity index (χ1n) is 12.8. The van der Waals surface area contributed by atoms with Gasteiger partial charge in [0.15, 0.2) is 0 Å². The van der Waals surface area contributed by atoms with E-state index in [0.29, 0.717) is 93.4 Å². The van der Waals surface area contributed by atoms with Crippen molar-refractivity contribution in [2.45, 2.75) is 19.6 Å². The van der Waals surface area contributed by atoms with Gasteiger partial charge >= 0.3 is 23.1 Å². The zero-order valence-electron chi connectivity index (χ0n) is 22.8. The van der Waals surface area contributed by atoms with E-state index in [-0.39, 0.29) is 23.1 Å². The van der Waals surface area contributed by atoms with E-state index in [2.05, 4.69) is 0 Å². The fourth-order valence-corrected chi connectivity index (χ4v) is 12.3.